The second-order valence-electron chi connectivity index (χ2n) is 6.60. The van der Waals surface area contributed by atoms with Gasteiger partial charge in [-0.15, -0.1) is 0 Å². The molecule has 28 heavy (non-hydrogen) atoms. The third-order valence-corrected chi connectivity index (χ3v) is 5.51. The average molecular weight is 398 g/mol. The Morgan fingerprint density at radius 3 is 2.57 bits per heavy atom. The molecule has 0 bridgehead atoms. The van der Waals surface area contributed by atoms with Crippen LogP contribution in [0.2, 0.25) is 0 Å². The SMILES string of the molecule is Cc1ccc(CSCCNC(=O)c2cnc3c(c2)c(=O)n(C)c(=O)n3C)cc1. The lowest BCUT2D eigenvalue weighted by atomic mass is 10.2. The fourth-order valence-corrected chi connectivity index (χ4v) is 3.62. The summed E-state index contributed by atoms with van der Waals surface area (Å²) in [6.45, 7) is 2.57. The van der Waals surface area contributed by atoms with Gasteiger partial charge < -0.3 is 5.32 Å². The fourth-order valence-electron chi connectivity index (χ4n) is 2.80. The number of amides is 1. The Balaban J connectivity index is 1.61. The van der Waals surface area contributed by atoms with Crippen molar-refractivity contribution in [3.05, 3.63) is 74.1 Å². The van der Waals surface area contributed by atoms with E-state index in [1.807, 2.05) is 0 Å². The Kier molecular flexibility index (Phi) is 5.99. The number of nitrogens with one attached hydrogen (secondary N) is 1. The zero-order valence-corrected chi connectivity index (χ0v) is 16.9. The van der Waals surface area contributed by atoms with Crippen molar-refractivity contribution in [1.82, 2.24) is 19.4 Å². The van der Waals surface area contributed by atoms with Crippen LogP contribution in [-0.4, -0.2) is 32.3 Å². The minimum Gasteiger partial charge on any atom is -0.351 e. The van der Waals surface area contributed by atoms with Gasteiger partial charge in [0, 0.05) is 38.3 Å². The molecule has 0 spiro atoms. The van der Waals surface area contributed by atoms with E-state index < -0.39 is 11.2 Å². The number of carbonyl (C=O) groups excluding carboxylic acids is 1. The first-order valence-electron chi connectivity index (χ1n) is 8.85. The number of thioether (sulfide) groups is 1. The third kappa shape index (κ3) is 4.17. The van der Waals surface area contributed by atoms with Crippen molar-refractivity contribution < 1.29 is 4.79 Å². The number of carbonyl (C=O) groups is 1. The van der Waals surface area contributed by atoms with E-state index in [0.29, 0.717) is 12.1 Å². The van der Waals surface area contributed by atoms with E-state index >= 15 is 0 Å². The smallest absolute Gasteiger partial charge is 0.332 e. The van der Waals surface area contributed by atoms with Crippen LogP contribution in [0.25, 0.3) is 11.0 Å². The molecule has 8 heteroatoms. The standard InChI is InChI=1S/C20H22N4O3S/c1-13-4-6-14(7-5-13)12-28-9-8-21-18(25)15-10-16-17(22-11-15)23(2)20(27)24(3)19(16)26/h4-7,10-11H,8-9,12H2,1-3H3,(H,21,25). The van der Waals surface area contributed by atoms with Gasteiger partial charge in [0.2, 0.25) is 0 Å². The fraction of sp³-hybridized carbons (Fsp3) is 0.300. The minimum absolute atomic E-state index is 0.242. The topological polar surface area (TPSA) is 86.0 Å². The van der Waals surface area contributed by atoms with Crippen molar-refractivity contribution in [2.24, 2.45) is 14.1 Å². The van der Waals surface area contributed by atoms with E-state index in [1.165, 1.54) is 35.0 Å². The maximum Gasteiger partial charge on any atom is 0.332 e. The highest BCUT2D eigenvalue weighted by Crippen LogP contribution is 2.12. The molecule has 0 atom stereocenters. The monoisotopic (exact) mass is 398 g/mol. The summed E-state index contributed by atoms with van der Waals surface area (Å²) >= 11 is 1.74. The summed E-state index contributed by atoms with van der Waals surface area (Å²) in [5.41, 5.74) is 2.13. The lowest BCUT2D eigenvalue weighted by molar-refractivity contribution is 0.0956. The Morgan fingerprint density at radius 1 is 1.14 bits per heavy atom. The normalized spacial score (nSPS) is 11.0. The van der Waals surface area contributed by atoms with Gasteiger partial charge in [0.05, 0.1) is 10.9 Å². The van der Waals surface area contributed by atoms with Crippen molar-refractivity contribution in [1.29, 1.82) is 0 Å². The lowest BCUT2D eigenvalue weighted by Gasteiger charge is -2.09. The average Bonchev–Trinajstić information content (AvgIpc) is 2.71. The van der Waals surface area contributed by atoms with Crippen LogP contribution in [-0.2, 0) is 19.8 Å². The number of rotatable bonds is 6. The van der Waals surface area contributed by atoms with Crippen LogP contribution in [0.5, 0.6) is 0 Å². The van der Waals surface area contributed by atoms with Gasteiger partial charge in [-0.25, -0.2) is 9.78 Å². The summed E-state index contributed by atoms with van der Waals surface area (Å²) in [4.78, 5) is 40.8. The number of aryl methyl sites for hydroxylation is 2. The minimum atomic E-state index is -0.464. The Morgan fingerprint density at radius 2 is 1.86 bits per heavy atom. The molecule has 7 nitrogen and oxygen atoms in total. The summed E-state index contributed by atoms with van der Waals surface area (Å²) in [6, 6.07) is 9.87. The highest BCUT2D eigenvalue weighted by atomic mass is 32.2. The molecule has 0 aliphatic heterocycles. The lowest BCUT2D eigenvalue weighted by Crippen LogP contribution is -2.37. The number of aromatic nitrogens is 3. The third-order valence-electron chi connectivity index (χ3n) is 4.48. The van der Waals surface area contributed by atoms with E-state index in [9.17, 15) is 14.4 Å². The van der Waals surface area contributed by atoms with Crippen molar-refractivity contribution in [3.8, 4) is 0 Å². The van der Waals surface area contributed by atoms with Crippen LogP contribution in [0.1, 0.15) is 21.5 Å². The van der Waals surface area contributed by atoms with Crippen LogP contribution in [0.15, 0.2) is 46.1 Å². The number of benzene rings is 1. The number of fused-ring (bicyclic) bond motifs is 1. The molecule has 0 fully saturated rings. The Labute approximate surface area is 166 Å². The van der Waals surface area contributed by atoms with Gasteiger partial charge in [-0.3, -0.25) is 18.7 Å². The summed E-state index contributed by atoms with van der Waals surface area (Å²) in [5.74, 6) is 1.37. The van der Waals surface area contributed by atoms with E-state index in [-0.39, 0.29) is 16.9 Å². The van der Waals surface area contributed by atoms with E-state index in [1.54, 1.807) is 18.8 Å². The number of hydrogen-bond donors (Lipinski definition) is 1. The first kappa shape index (κ1) is 19.9. The molecule has 146 valence electrons. The molecule has 0 aliphatic carbocycles. The van der Waals surface area contributed by atoms with Gasteiger partial charge in [-0.05, 0) is 18.6 Å². The molecule has 2 heterocycles. The molecule has 0 unspecified atom stereocenters. The van der Waals surface area contributed by atoms with Crippen LogP contribution in [0.3, 0.4) is 0 Å². The van der Waals surface area contributed by atoms with Gasteiger partial charge in [0.15, 0.2) is 0 Å². The zero-order chi connectivity index (χ0) is 20.3. The predicted molar refractivity (Wildman–Crippen MR) is 112 cm³/mol. The van der Waals surface area contributed by atoms with Crippen molar-refractivity contribution >= 4 is 28.7 Å². The van der Waals surface area contributed by atoms with Crippen molar-refractivity contribution in [2.75, 3.05) is 12.3 Å². The summed E-state index contributed by atoms with van der Waals surface area (Å²) < 4.78 is 2.30. The molecule has 0 saturated heterocycles. The second-order valence-corrected chi connectivity index (χ2v) is 7.70. The maximum atomic E-state index is 12.4. The molecule has 1 amide bonds. The molecular formula is C20H22N4O3S. The van der Waals surface area contributed by atoms with Crippen LogP contribution in [0.4, 0.5) is 0 Å². The predicted octanol–water partition coefficient (Wildman–Crippen LogP) is 1.60. The number of nitrogens with zero attached hydrogens (tertiary/aromatic N) is 3. The van der Waals surface area contributed by atoms with Crippen molar-refractivity contribution in [2.45, 2.75) is 12.7 Å². The molecule has 1 aromatic carbocycles. The van der Waals surface area contributed by atoms with Gasteiger partial charge >= 0.3 is 5.69 Å². The van der Waals surface area contributed by atoms with Gasteiger partial charge in [0.25, 0.3) is 11.5 Å². The first-order valence-corrected chi connectivity index (χ1v) is 10.0. The van der Waals surface area contributed by atoms with Gasteiger partial charge in [-0.2, -0.15) is 11.8 Å². The van der Waals surface area contributed by atoms with Crippen LogP contribution in [0, 0.1) is 6.92 Å². The molecule has 3 aromatic rings. The maximum absolute atomic E-state index is 12.4. The van der Waals surface area contributed by atoms with Gasteiger partial charge in [-0.1, -0.05) is 29.8 Å². The number of pyridine rings is 1. The molecule has 0 radical (unpaired) electrons. The van der Waals surface area contributed by atoms with Crippen molar-refractivity contribution in [3.63, 3.8) is 0 Å². The largest absolute Gasteiger partial charge is 0.351 e. The molecule has 2 aromatic heterocycles. The highest BCUT2D eigenvalue weighted by molar-refractivity contribution is 7.98. The second kappa shape index (κ2) is 8.43. The first-order chi connectivity index (χ1) is 13.4. The molecular weight excluding hydrogens is 376 g/mol. The van der Waals surface area contributed by atoms with Gasteiger partial charge in [0.1, 0.15) is 5.65 Å². The molecule has 0 aliphatic rings. The highest BCUT2D eigenvalue weighted by Gasteiger charge is 2.13. The summed E-state index contributed by atoms with van der Waals surface area (Å²) in [6.07, 6.45) is 1.38. The van der Waals surface area contributed by atoms with E-state index in [4.69, 9.17) is 0 Å². The summed E-state index contributed by atoms with van der Waals surface area (Å²) in [7, 11) is 2.95. The molecule has 0 saturated carbocycles. The zero-order valence-electron chi connectivity index (χ0n) is 16.1. The Bertz CT molecular complexity index is 1130. The Hall–Kier alpha value is -2.87. The van der Waals surface area contributed by atoms with E-state index in [2.05, 4.69) is 41.5 Å². The van der Waals surface area contributed by atoms with Crippen LogP contribution >= 0.6 is 11.8 Å². The summed E-state index contributed by atoms with van der Waals surface area (Å²) in [5, 5.41) is 3.08. The van der Waals surface area contributed by atoms with Crippen LogP contribution < -0.4 is 16.6 Å². The molecule has 1 N–H and O–H groups in total. The molecule has 3 rings (SSSR count). The van der Waals surface area contributed by atoms with E-state index in [0.717, 1.165) is 16.1 Å². The number of hydrogen-bond acceptors (Lipinski definition) is 5. The quantitative estimate of drug-likeness (QED) is 0.638.